The quantitative estimate of drug-likeness (QED) is 0.854. The van der Waals surface area contributed by atoms with Crippen molar-refractivity contribution in [3.8, 4) is 5.75 Å². The summed E-state index contributed by atoms with van der Waals surface area (Å²) >= 11 is 0. The number of piperidine rings is 1. The first kappa shape index (κ1) is 14.4. The van der Waals surface area contributed by atoms with E-state index in [1.165, 1.54) is 31.5 Å². The molecule has 3 heteroatoms. The lowest BCUT2D eigenvalue weighted by Crippen LogP contribution is -2.38. The van der Waals surface area contributed by atoms with Gasteiger partial charge in [-0.25, -0.2) is 0 Å². The third-order valence-corrected chi connectivity index (χ3v) is 4.07. The molecule has 1 fully saturated rings. The molecule has 0 aliphatic carbocycles. The number of hydrogen-bond acceptors (Lipinski definition) is 3. The minimum absolute atomic E-state index is 0.343. The summed E-state index contributed by atoms with van der Waals surface area (Å²) in [4.78, 5) is 2.41. The minimum atomic E-state index is 0.343. The van der Waals surface area contributed by atoms with Gasteiger partial charge in [0.1, 0.15) is 5.75 Å². The molecule has 2 rings (SSSR count). The van der Waals surface area contributed by atoms with Gasteiger partial charge in [-0.2, -0.15) is 0 Å². The van der Waals surface area contributed by atoms with Crippen molar-refractivity contribution in [3.63, 3.8) is 0 Å². The predicted molar refractivity (Wildman–Crippen MR) is 79.5 cm³/mol. The summed E-state index contributed by atoms with van der Waals surface area (Å²) in [5, 5.41) is 12.9. The average molecular weight is 262 g/mol. The SMILES string of the molecule is CC(Cc1ccc(O)cc1)NCC1CCN(C)CC1. The number of aromatic hydroxyl groups is 1. The first-order valence-corrected chi connectivity index (χ1v) is 7.33. The van der Waals surface area contributed by atoms with Crippen molar-refractivity contribution in [2.24, 2.45) is 5.92 Å². The van der Waals surface area contributed by atoms with Crippen molar-refractivity contribution in [1.29, 1.82) is 0 Å². The predicted octanol–water partition coefficient (Wildman–Crippen LogP) is 2.25. The molecule has 1 saturated heterocycles. The van der Waals surface area contributed by atoms with Crippen molar-refractivity contribution in [3.05, 3.63) is 29.8 Å². The summed E-state index contributed by atoms with van der Waals surface area (Å²) in [6.07, 6.45) is 3.65. The highest BCUT2D eigenvalue weighted by atomic mass is 16.3. The second kappa shape index (κ2) is 6.92. The highest BCUT2D eigenvalue weighted by Crippen LogP contribution is 2.15. The van der Waals surface area contributed by atoms with Crippen LogP contribution in [0.1, 0.15) is 25.3 Å². The van der Waals surface area contributed by atoms with Crippen LogP contribution >= 0.6 is 0 Å². The van der Waals surface area contributed by atoms with Crippen LogP contribution in [0.4, 0.5) is 0 Å². The average Bonchev–Trinajstić information content (AvgIpc) is 2.41. The monoisotopic (exact) mass is 262 g/mol. The third kappa shape index (κ3) is 4.84. The number of benzene rings is 1. The Labute approximate surface area is 116 Å². The molecular weight excluding hydrogens is 236 g/mol. The van der Waals surface area contributed by atoms with E-state index < -0.39 is 0 Å². The lowest BCUT2D eigenvalue weighted by atomic mass is 9.96. The van der Waals surface area contributed by atoms with E-state index in [1.807, 2.05) is 12.1 Å². The van der Waals surface area contributed by atoms with Crippen LogP contribution < -0.4 is 5.32 Å². The van der Waals surface area contributed by atoms with Crippen LogP contribution in [0, 0.1) is 5.92 Å². The molecular formula is C16H26N2O. The Morgan fingerprint density at radius 1 is 1.26 bits per heavy atom. The Kier molecular flexibility index (Phi) is 5.23. The maximum atomic E-state index is 9.27. The molecule has 1 aromatic rings. The maximum Gasteiger partial charge on any atom is 0.115 e. The topological polar surface area (TPSA) is 35.5 Å². The fraction of sp³-hybridized carbons (Fsp3) is 0.625. The molecule has 1 heterocycles. The third-order valence-electron chi connectivity index (χ3n) is 4.07. The van der Waals surface area contributed by atoms with E-state index in [1.54, 1.807) is 12.1 Å². The zero-order valence-corrected chi connectivity index (χ0v) is 12.1. The van der Waals surface area contributed by atoms with Crippen molar-refractivity contribution < 1.29 is 5.11 Å². The summed E-state index contributed by atoms with van der Waals surface area (Å²) in [5.74, 6) is 1.18. The normalized spacial score (nSPS) is 19.5. The second-order valence-electron chi connectivity index (χ2n) is 5.93. The minimum Gasteiger partial charge on any atom is -0.508 e. The number of phenols is 1. The van der Waals surface area contributed by atoms with Gasteiger partial charge in [0.25, 0.3) is 0 Å². The summed E-state index contributed by atoms with van der Waals surface area (Å²) < 4.78 is 0. The van der Waals surface area contributed by atoms with Gasteiger partial charge < -0.3 is 15.3 Å². The molecule has 19 heavy (non-hydrogen) atoms. The van der Waals surface area contributed by atoms with Gasteiger partial charge in [0, 0.05) is 6.04 Å². The summed E-state index contributed by atoms with van der Waals surface area (Å²) in [7, 11) is 2.21. The molecule has 1 aliphatic heterocycles. The van der Waals surface area contributed by atoms with E-state index in [-0.39, 0.29) is 0 Å². The highest BCUT2D eigenvalue weighted by Gasteiger charge is 2.16. The molecule has 0 spiro atoms. The molecule has 0 saturated carbocycles. The molecule has 2 N–H and O–H groups in total. The van der Waals surface area contributed by atoms with Gasteiger partial charge in [0.15, 0.2) is 0 Å². The Hall–Kier alpha value is -1.06. The van der Waals surface area contributed by atoms with Gasteiger partial charge in [0.2, 0.25) is 0 Å². The summed E-state index contributed by atoms with van der Waals surface area (Å²) in [5.41, 5.74) is 1.28. The molecule has 1 unspecified atom stereocenters. The molecule has 3 nitrogen and oxygen atoms in total. The van der Waals surface area contributed by atoms with E-state index in [9.17, 15) is 5.11 Å². The Bertz CT molecular complexity index is 369. The first-order chi connectivity index (χ1) is 9.13. The molecule has 1 aromatic carbocycles. The zero-order valence-electron chi connectivity index (χ0n) is 12.1. The number of nitrogens with zero attached hydrogens (tertiary/aromatic N) is 1. The molecule has 106 valence electrons. The fourth-order valence-corrected chi connectivity index (χ4v) is 2.69. The second-order valence-corrected chi connectivity index (χ2v) is 5.93. The molecule has 0 aromatic heterocycles. The largest absolute Gasteiger partial charge is 0.508 e. The van der Waals surface area contributed by atoms with Crippen LogP contribution in [0.3, 0.4) is 0 Å². The van der Waals surface area contributed by atoms with Gasteiger partial charge in [-0.05, 0) is 76.5 Å². The molecule has 1 atom stereocenters. The van der Waals surface area contributed by atoms with Crippen molar-refractivity contribution in [1.82, 2.24) is 10.2 Å². The Morgan fingerprint density at radius 2 is 1.89 bits per heavy atom. The van der Waals surface area contributed by atoms with Crippen molar-refractivity contribution in [2.45, 2.75) is 32.2 Å². The molecule has 1 aliphatic rings. The van der Waals surface area contributed by atoms with Crippen LogP contribution in [0.2, 0.25) is 0 Å². The summed E-state index contributed by atoms with van der Waals surface area (Å²) in [6.45, 7) is 5.84. The number of phenolic OH excluding ortho intramolecular Hbond substituents is 1. The van der Waals surface area contributed by atoms with E-state index >= 15 is 0 Å². The Morgan fingerprint density at radius 3 is 2.53 bits per heavy atom. The smallest absolute Gasteiger partial charge is 0.115 e. The number of likely N-dealkylation sites (tertiary alicyclic amines) is 1. The van der Waals surface area contributed by atoms with Gasteiger partial charge in [-0.15, -0.1) is 0 Å². The lowest BCUT2D eigenvalue weighted by molar-refractivity contribution is 0.213. The van der Waals surface area contributed by atoms with E-state index in [4.69, 9.17) is 0 Å². The molecule has 0 amide bonds. The van der Waals surface area contributed by atoms with Gasteiger partial charge in [-0.3, -0.25) is 0 Å². The summed E-state index contributed by atoms with van der Waals surface area (Å²) in [6, 6.07) is 8.02. The van der Waals surface area contributed by atoms with E-state index in [0.29, 0.717) is 11.8 Å². The molecule has 0 bridgehead atoms. The first-order valence-electron chi connectivity index (χ1n) is 7.33. The van der Waals surface area contributed by atoms with Gasteiger partial charge in [0.05, 0.1) is 0 Å². The van der Waals surface area contributed by atoms with Crippen LogP contribution in [0.15, 0.2) is 24.3 Å². The number of rotatable bonds is 5. The van der Waals surface area contributed by atoms with Crippen LogP contribution in [-0.4, -0.2) is 42.7 Å². The fourth-order valence-electron chi connectivity index (χ4n) is 2.69. The number of nitrogens with one attached hydrogen (secondary N) is 1. The van der Waals surface area contributed by atoms with E-state index in [2.05, 4.69) is 24.2 Å². The van der Waals surface area contributed by atoms with Gasteiger partial charge in [-0.1, -0.05) is 12.1 Å². The van der Waals surface area contributed by atoms with Crippen molar-refractivity contribution >= 4 is 0 Å². The molecule has 0 radical (unpaired) electrons. The van der Waals surface area contributed by atoms with Crippen LogP contribution in [0.25, 0.3) is 0 Å². The van der Waals surface area contributed by atoms with Crippen molar-refractivity contribution in [2.75, 3.05) is 26.7 Å². The standard InChI is InChI=1S/C16H26N2O/c1-13(11-14-3-5-16(19)6-4-14)17-12-15-7-9-18(2)10-8-15/h3-6,13,15,17,19H,7-12H2,1-2H3. The van der Waals surface area contributed by atoms with Gasteiger partial charge >= 0.3 is 0 Å². The zero-order chi connectivity index (χ0) is 13.7. The maximum absolute atomic E-state index is 9.27. The van der Waals surface area contributed by atoms with Crippen LogP contribution in [-0.2, 0) is 6.42 Å². The Balaban J connectivity index is 1.69. The highest BCUT2D eigenvalue weighted by molar-refractivity contribution is 5.26. The lowest BCUT2D eigenvalue weighted by Gasteiger charge is -2.30. The number of hydrogen-bond donors (Lipinski definition) is 2. The van der Waals surface area contributed by atoms with Crippen LogP contribution in [0.5, 0.6) is 5.75 Å². The van der Waals surface area contributed by atoms with E-state index in [0.717, 1.165) is 18.9 Å².